The van der Waals surface area contributed by atoms with E-state index in [1.54, 1.807) is 0 Å². The molecule has 17 aromatic rings. The Morgan fingerprint density at radius 1 is 0.186 bits per heavy atom. The van der Waals surface area contributed by atoms with Crippen molar-refractivity contribution in [3.05, 3.63) is 315 Å². The Morgan fingerprint density at radius 3 is 0.756 bits per heavy atom. The van der Waals surface area contributed by atoms with Gasteiger partial charge < -0.3 is 9.13 Å². The van der Waals surface area contributed by atoms with Crippen LogP contribution in [0.5, 0.6) is 0 Å². The van der Waals surface area contributed by atoms with E-state index in [9.17, 15) is 0 Å². The molecule has 13 aromatic carbocycles. The van der Waals surface area contributed by atoms with Crippen molar-refractivity contribution in [2.45, 2.75) is 0 Å². The first kappa shape index (κ1) is 49.0. The average molecular weight is 1100 g/mol. The standard InChI is InChI=1S/C80H52N6/c1-3-19-59(20-4-1)85-77-33-17-11-27-71(77)81-79(85)57-39-35-53(36-40-57)67-51-70(56-45-49-62(50-46-56)84-75-31-15-9-25-65(75)66-26-10-16-32-76(66)84)68(54-37-41-58(42-38-54)80-82-72-28-12-18-34-78(72)86(80)60-21-5-2-6-22-60)52-69(67)55-43-47-61(48-44-55)83-73-29-13-7-23-63(73)64-24-8-14-30-74(64)83/h1-52H. The van der Waals surface area contributed by atoms with Crippen molar-refractivity contribution in [1.29, 1.82) is 0 Å². The molecular weight excluding hydrogens is 1040 g/mol. The third-order valence-corrected chi connectivity index (χ3v) is 17.2. The Morgan fingerprint density at radius 2 is 0.430 bits per heavy atom. The number of rotatable bonds is 10. The summed E-state index contributed by atoms with van der Waals surface area (Å²) < 4.78 is 9.32. The summed E-state index contributed by atoms with van der Waals surface area (Å²) in [5.41, 5.74) is 24.1. The summed E-state index contributed by atoms with van der Waals surface area (Å²) in [7, 11) is 0. The van der Waals surface area contributed by atoms with E-state index in [4.69, 9.17) is 9.97 Å². The number of hydrogen-bond donors (Lipinski definition) is 0. The highest BCUT2D eigenvalue weighted by Crippen LogP contribution is 2.45. The van der Waals surface area contributed by atoms with E-state index in [-0.39, 0.29) is 0 Å². The van der Waals surface area contributed by atoms with Gasteiger partial charge in [-0.3, -0.25) is 9.13 Å². The van der Waals surface area contributed by atoms with Crippen LogP contribution >= 0.6 is 0 Å². The number of imidazole rings is 2. The van der Waals surface area contributed by atoms with Crippen molar-refractivity contribution < 1.29 is 0 Å². The molecule has 4 aromatic heterocycles. The molecule has 17 rings (SSSR count). The number of fused-ring (bicyclic) bond motifs is 8. The van der Waals surface area contributed by atoms with Crippen LogP contribution in [0.25, 0.3) is 156 Å². The van der Waals surface area contributed by atoms with E-state index in [0.717, 1.165) is 112 Å². The van der Waals surface area contributed by atoms with Crippen molar-refractivity contribution in [2.24, 2.45) is 0 Å². The summed E-state index contributed by atoms with van der Waals surface area (Å²) >= 11 is 0. The summed E-state index contributed by atoms with van der Waals surface area (Å²) in [6.45, 7) is 0. The Kier molecular flexibility index (Phi) is 11.5. The Bertz CT molecular complexity index is 4970. The van der Waals surface area contributed by atoms with Crippen molar-refractivity contribution in [3.63, 3.8) is 0 Å². The maximum atomic E-state index is 5.26. The van der Waals surface area contributed by atoms with Crippen LogP contribution in [0.2, 0.25) is 0 Å². The summed E-state index contributed by atoms with van der Waals surface area (Å²) in [5, 5.41) is 4.96. The van der Waals surface area contributed by atoms with Crippen molar-refractivity contribution in [3.8, 4) is 90.0 Å². The zero-order chi connectivity index (χ0) is 56.7. The lowest BCUT2D eigenvalue weighted by Crippen LogP contribution is -1.98. The molecule has 0 bridgehead atoms. The lowest BCUT2D eigenvalue weighted by Gasteiger charge is -2.20. The highest BCUT2D eigenvalue weighted by molar-refractivity contribution is 6.10. The number of hydrogen-bond acceptors (Lipinski definition) is 2. The van der Waals surface area contributed by atoms with Crippen molar-refractivity contribution in [2.75, 3.05) is 0 Å². The molecule has 0 aliphatic carbocycles. The first-order chi connectivity index (χ1) is 42.7. The van der Waals surface area contributed by atoms with Gasteiger partial charge in [-0.05, 0) is 154 Å². The molecule has 0 saturated heterocycles. The van der Waals surface area contributed by atoms with E-state index in [1.165, 1.54) is 43.6 Å². The normalized spacial score (nSPS) is 11.7. The zero-order valence-electron chi connectivity index (χ0n) is 46.7. The topological polar surface area (TPSA) is 45.5 Å². The number of nitrogens with zero attached hydrogens (tertiary/aromatic N) is 6. The van der Waals surface area contributed by atoms with E-state index in [1.807, 2.05) is 0 Å². The predicted octanol–water partition coefficient (Wildman–Crippen LogP) is 20.6. The van der Waals surface area contributed by atoms with E-state index in [2.05, 4.69) is 334 Å². The van der Waals surface area contributed by atoms with Crippen LogP contribution in [-0.4, -0.2) is 28.2 Å². The smallest absolute Gasteiger partial charge is 0.145 e. The van der Waals surface area contributed by atoms with Gasteiger partial charge in [0.25, 0.3) is 0 Å². The quantitative estimate of drug-likeness (QED) is 0.137. The third kappa shape index (κ3) is 8.03. The van der Waals surface area contributed by atoms with E-state index in [0.29, 0.717) is 0 Å². The van der Waals surface area contributed by atoms with Gasteiger partial charge in [-0.2, -0.15) is 0 Å². The van der Waals surface area contributed by atoms with Crippen LogP contribution in [0.15, 0.2) is 315 Å². The molecule has 0 aliphatic heterocycles. The molecule has 402 valence electrons. The first-order valence-electron chi connectivity index (χ1n) is 29.3. The lowest BCUT2D eigenvalue weighted by atomic mass is 9.85. The van der Waals surface area contributed by atoms with Gasteiger partial charge in [0, 0.05) is 55.4 Å². The summed E-state index contributed by atoms with van der Waals surface area (Å²) in [6.07, 6.45) is 0. The van der Waals surface area contributed by atoms with Gasteiger partial charge in [0.05, 0.1) is 44.1 Å². The minimum Gasteiger partial charge on any atom is -0.309 e. The lowest BCUT2D eigenvalue weighted by molar-refractivity contribution is 1.10. The largest absolute Gasteiger partial charge is 0.309 e. The Balaban J connectivity index is 0.867. The molecule has 0 fully saturated rings. The molecule has 6 nitrogen and oxygen atoms in total. The predicted molar refractivity (Wildman–Crippen MR) is 357 cm³/mol. The fourth-order valence-corrected chi connectivity index (χ4v) is 13.3. The molecule has 0 radical (unpaired) electrons. The van der Waals surface area contributed by atoms with Crippen LogP contribution in [0.3, 0.4) is 0 Å². The molecule has 0 unspecified atom stereocenters. The summed E-state index contributed by atoms with van der Waals surface area (Å²) in [4.78, 5) is 10.5. The molecule has 0 saturated carbocycles. The second kappa shape index (κ2) is 20.1. The van der Waals surface area contributed by atoms with Crippen LogP contribution < -0.4 is 0 Å². The van der Waals surface area contributed by atoms with Gasteiger partial charge in [-0.15, -0.1) is 0 Å². The van der Waals surface area contributed by atoms with Gasteiger partial charge in [-0.1, -0.05) is 206 Å². The van der Waals surface area contributed by atoms with Gasteiger partial charge in [0.1, 0.15) is 11.6 Å². The molecule has 0 N–H and O–H groups in total. The van der Waals surface area contributed by atoms with Crippen LogP contribution in [-0.2, 0) is 0 Å². The molecule has 0 aliphatic rings. The number of para-hydroxylation sites is 10. The number of aromatic nitrogens is 6. The average Bonchev–Trinajstić information content (AvgIpc) is 2.17. The van der Waals surface area contributed by atoms with Gasteiger partial charge >= 0.3 is 0 Å². The Hall–Kier alpha value is -11.6. The van der Waals surface area contributed by atoms with Crippen LogP contribution in [0, 0.1) is 0 Å². The minimum absolute atomic E-state index is 0.895. The van der Waals surface area contributed by atoms with Crippen molar-refractivity contribution in [1.82, 2.24) is 28.2 Å². The maximum Gasteiger partial charge on any atom is 0.145 e. The second-order valence-electron chi connectivity index (χ2n) is 22.1. The summed E-state index contributed by atoms with van der Waals surface area (Å²) in [5.74, 6) is 1.79. The molecule has 0 spiro atoms. The SMILES string of the molecule is c1ccc(-n2c(-c3ccc(-c4cc(-c5ccc(-n6c7ccccc7c7ccccc76)cc5)c(-c5ccc(-c6nc7ccccc7n6-c6ccccc6)cc5)cc4-c4ccc(-n5c6ccccc6c6ccccc65)cc4)cc3)nc3ccccc32)cc1. The van der Waals surface area contributed by atoms with Gasteiger partial charge in [0.15, 0.2) is 0 Å². The fraction of sp³-hybridized carbons (Fsp3) is 0. The maximum absolute atomic E-state index is 5.26. The van der Waals surface area contributed by atoms with Crippen LogP contribution in [0.1, 0.15) is 0 Å². The van der Waals surface area contributed by atoms with Crippen LogP contribution in [0.4, 0.5) is 0 Å². The number of benzene rings is 13. The zero-order valence-corrected chi connectivity index (χ0v) is 46.7. The molecule has 86 heavy (non-hydrogen) atoms. The molecule has 0 atom stereocenters. The highest BCUT2D eigenvalue weighted by Gasteiger charge is 2.22. The van der Waals surface area contributed by atoms with Crippen molar-refractivity contribution >= 4 is 65.7 Å². The fourth-order valence-electron chi connectivity index (χ4n) is 13.3. The molecular formula is C80H52N6. The van der Waals surface area contributed by atoms with Gasteiger partial charge in [0.2, 0.25) is 0 Å². The molecule has 4 heterocycles. The van der Waals surface area contributed by atoms with Gasteiger partial charge in [-0.25, -0.2) is 9.97 Å². The Labute approximate surface area is 496 Å². The monoisotopic (exact) mass is 1100 g/mol. The minimum atomic E-state index is 0.895. The second-order valence-corrected chi connectivity index (χ2v) is 22.1. The van der Waals surface area contributed by atoms with E-state index >= 15 is 0 Å². The summed E-state index contributed by atoms with van der Waals surface area (Å²) in [6, 6.07) is 114. The third-order valence-electron chi connectivity index (χ3n) is 17.2. The molecule has 6 heteroatoms. The molecule has 0 amide bonds. The van der Waals surface area contributed by atoms with E-state index < -0.39 is 0 Å². The first-order valence-corrected chi connectivity index (χ1v) is 29.3. The highest BCUT2D eigenvalue weighted by atomic mass is 15.1.